The Kier molecular flexibility index (Phi) is 3.84. The second-order valence-corrected chi connectivity index (χ2v) is 10.5. The van der Waals surface area contributed by atoms with Gasteiger partial charge in [-0.25, -0.2) is 4.79 Å². The Morgan fingerprint density at radius 1 is 1.07 bits per heavy atom. The summed E-state index contributed by atoms with van der Waals surface area (Å²) in [7, 11) is 0. The molecule has 154 valence electrons. The zero-order chi connectivity index (χ0) is 19.9. The summed E-state index contributed by atoms with van der Waals surface area (Å²) >= 11 is 0. The number of ether oxygens (including phenoxy) is 1. The van der Waals surface area contributed by atoms with Gasteiger partial charge in [0.1, 0.15) is 6.61 Å². The standard InChI is InChI=1S/C23H32O5/c1-20-7-3-15(24)12-22(20,26)9-5-18-17(20)4-8-21(2)16(6-10-23(18,21)27)14-11-19(25)28-13-14/h6,11,15,17-18,24,26-27H,3-5,7-10,12-13H2,1-2H3/t15-,17-,18+,20+,21+,22-,23-/m0/s1. The smallest absolute Gasteiger partial charge is 0.331 e. The number of cyclic esters (lactones) is 1. The molecule has 5 heteroatoms. The number of aliphatic hydroxyl groups is 3. The summed E-state index contributed by atoms with van der Waals surface area (Å²) in [5, 5.41) is 33.7. The first-order chi connectivity index (χ1) is 13.1. The molecule has 0 spiro atoms. The van der Waals surface area contributed by atoms with E-state index >= 15 is 0 Å². The molecule has 5 aliphatic rings. The van der Waals surface area contributed by atoms with Gasteiger partial charge in [0, 0.05) is 23.5 Å². The van der Waals surface area contributed by atoms with Crippen molar-refractivity contribution in [2.75, 3.05) is 6.61 Å². The van der Waals surface area contributed by atoms with Gasteiger partial charge in [-0.1, -0.05) is 19.9 Å². The zero-order valence-electron chi connectivity index (χ0n) is 16.9. The number of esters is 1. The maximum atomic E-state index is 12.1. The van der Waals surface area contributed by atoms with Gasteiger partial charge < -0.3 is 20.1 Å². The third-order valence-electron chi connectivity index (χ3n) is 9.55. The Morgan fingerprint density at radius 2 is 1.82 bits per heavy atom. The number of carbonyl (C=O) groups is 1. The molecular formula is C23H32O5. The molecule has 0 aromatic heterocycles. The van der Waals surface area contributed by atoms with E-state index in [0.29, 0.717) is 25.9 Å². The minimum Gasteiger partial charge on any atom is -0.458 e. The fraction of sp³-hybridized carbons (Fsp3) is 0.783. The van der Waals surface area contributed by atoms with Crippen molar-refractivity contribution in [3.8, 4) is 0 Å². The SMILES string of the molecule is C[C@]12CC[C@H]3[C@@H](CC[C@]4(O)C[C@@H](O)CC[C@]34C)[C@@]1(O)CC=C2C1=CC(=O)OC1. The maximum Gasteiger partial charge on any atom is 0.331 e. The topological polar surface area (TPSA) is 87.0 Å². The van der Waals surface area contributed by atoms with E-state index in [4.69, 9.17) is 4.74 Å². The van der Waals surface area contributed by atoms with Crippen molar-refractivity contribution in [1.29, 1.82) is 0 Å². The number of hydrogen-bond acceptors (Lipinski definition) is 5. The van der Waals surface area contributed by atoms with Crippen LogP contribution in [-0.2, 0) is 9.53 Å². The molecule has 5 rings (SSSR count). The molecule has 0 unspecified atom stereocenters. The summed E-state index contributed by atoms with van der Waals surface area (Å²) in [6.07, 6.45) is 9.11. The molecule has 5 nitrogen and oxygen atoms in total. The van der Waals surface area contributed by atoms with Gasteiger partial charge in [-0.3, -0.25) is 0 Å². The van der Waals surface area contributed by atoms with Crippen LogP contribution in [0.2, 0.25) is 0 Å². The molecular weight excluding hydrogens is 356 g/mol. The van der Waals surface area contributed by atoms with E-state index in [2.05, 4.69) is 19.9 Å². The molecule has 0 aromatic carbocycles. The van der Waals surface area contributed by atoms with Gasteiger partial charge in [-0.15, -0.1) is 0 Å². The molecule has 0 amide bonds. The highest BCUT2D eigenvalue weighted by molar-refractivity contribution is 5.86. The van der Waals surface area contributed by atoms with Gasteiger partial charge in [-0.05, 0) is 67.8 Å². The van der Waals surface area contributed by atoms with Crippen LogP contribution < -0.4 is 0 Å². The molecule has 3 saturated carbocycles. The van der Waals surface area contributed by atoms with Crippen molar-refractivity contribution in [1.82, 2.24) is 0 Å². The Bertz CT molecular complexity index is 786. The normalized spacial score (nSPS) is 52.9. The maximum absolute atomic E-state index is 12.1. The molecule has 28 heavy (non-hydrogen) atoms. The van der Waals surface area contributed by atoms with E-state index in [9.17, 15) is 20.1 Å². The summed E-state index contributed by atoms with van der Waals surface area (Å²) < 4.78 is 5.14. The average Bonchev–Trinajstić information content (AvgIpc) is 3.17. The number of carbonyl (C=O) groups excluding carboxylic acids is 1. The Morgan fingerprint density at radius 3 is 2.54 bits per heavy atom. The highest BCUT2D eigenvalue weighted by atomic mass is 16.5. The van der Waals surface area contributed by atoms with Crippen LogP contribution in [0.15, 0.2) is 23.3 Å². The van der Waals surface area contributed by atoms with Crippen molar-refractivity contribution in [2.24, 2.45) is 22.7 Å². The van der Waals surface area contributed by atoms with Crippen LogP contribution in [0.5, 0.6) is 0 Å². The van der Waals surface area contributed by atoms with Crippen LogP contribution in [0.1, 0.15) is 65.2 Å². The quantitative estimate of drug-likeness (QED) is 0.601. The lowest BCUT2D eigenvalue weighted by Crippen LogP contribution is -2.67. The van der Waals surface area contributed by atoms with E-state index in [-0.39, 0.29) is 28.6 Å². The second kappa shape index (κ2) is 5.71. The third-order valence-corrected chi connectivity index (χ3v) is 9.55. The zero-order valence-corrected chi connectivity index (χ0v) is 16.9. The van der Waals surface area contributed by atoms with E-state index < -0.39 is 17.3 Å². The summed E-state index contributed by atoms with van der Waals surface area (Å²) in [5.41, 5.74) is -0.322. The van der Waals surface area contributed by atoms with E-state index in [1.54, 1.807) is 6.08 Å². The second-order valence-electron chi connectivity index (χ2n) is 10.5. The van der Waals surface area contributed by atoms with Crippen LogP contribution >= 0.6 is 0 Å². The molecule has 0 saturated heterocycles. The lowest BCUT2D eigenvalue weighted by atomic mass is 9.42. The molecule has 7 atom stereocenters. The summed E-state index contributed by atoms with van der Waals surface area (Å²) in [5.74, 6) is 0.0822. The van der Waals surface area contributed by atoms with Gasteiger partial charge in [0.25, 0.3) is 0 Å². The minimum absolute atomic E-state index is 0.124. The molecule has 1 aliphatic heterocycles. The van der Waals surface area contributed by atoms with Gasteiger partial charge in [-0.2, -0.15) is 0 Å². The van der Waals surface area contributed by atoms with Crippen LogP contribution in [0.3, 0.4) is 0 Å². The molecule has 1 heterocycles. The molecule has 4 aliphatic carbocycles. The summed E-state index contributed by atoms with van der Waals surface area (Å²) in [6.45, 7) is 4.65. The van der Waals surface area contributed by atoms with Crippen molar-refractivity contribution in [2.45, 2.75) is 82.5 Å². The first kappa shape index (κ1) is 18.8. The van der Waals surface area contributed by atoms with Gasteiger partial charge >= 0.3 is 5.97 Å². The van der Waals surface area contributed by atoms with Crippen molar-refractivity contribution in [3.05, 3.63) is 23.3 Å². The highest BCUT2D eigenvalue weighted by Crippen LogP contribution is 2.69. The average molecular weight is 389 g/mol. The molecule has 0 radical (unpaired) electrons. The third kappa shape index (κ3) is 2.16. The predicted octanol–water partition coefficient (Wildman–Crippen LogP) is 2.64. The van der Waals surface area contributed by atoms with E-state index in [1.165, 1.54) is 0 Å². The number of aliphatic hydroxyl groups excluding tert-OH is 1. The molecule has 0 aromatic rings. The molecule has 3 N–H and O–H groups in total. The molecule has 3 fully saturated rings. The van der Waals surface area contributed by atoms with Crippen molar-refractivity contribution >= 4 is 5.97 Å². The first-order valence-electron chi connectivity index (χ1n) is 10.8. The fourth-order valence-electron chi connectivity index (χ4n) is 7.79. The van der Waals surface area contributed by atoms with Crippen LogP contribution in [0, 0.1) is 22.7 Å². The Balaban J connectivity index is 1.50. The lowest BCUT2D eigenvalue weighted by Gasteiger charge is -2.65. The van der Waals surface area contributed by atoms with Crippen molar-refractivity contribution < 1.29 is 24.9 Å². The van der Waals surface area contributed by atoms with Crippen LogP contribution in [0.25, 0.3) is 0 Å². The van der Waals surface area contributed by atoms with E-state index in [0.717, 1.165) is 43.3 Å². The monoisotopic (exact) mass is 388 g/mol. The largest absolute Gasteiger partial charge is 0.458 e. The van der Waals surface area contributed by atoms with E-state index in [1.807, 2.05) is 0 Å². The lowest BCUT2D eigenvalue weighted by molar-refractivity contribution is -0.249. The first-order valence-corrected chi connectivity index (χ1v) is 10.8. The number of rotatable bonds is 1. The number of hydrogen-bond donors (Lipinski definition) is 3. The summed E-state index contributed by atoms with van der Waals surface area (Å²) in [6, 6.07) is 0. The number of fused-ring (bicyclic) bond motifs is 5. The van der Waals surface area contributed by atoms with Crippen molar-refractivity contribution in [3.63, 3.8) is 0 Å². The minimum atomic E-state index is -0.849. The van der Waals surface area contributed by atoms with Gasteiger partial charge in [0.2, 0.25) is 0 Å². The van der Waals surface area contributed by atoms with Gasteiger partial charge in [0.15, 0.2) is 0 Å². The van der Waals surface area contributed by atoms with Crippen LogP contribution in [-0.4, -0.2) is 45.2 Å². The summed E-state index contributed by atoms with van der Waals surface area (Å²) in [4.78, 5) is 11.6. The van der Waals surface area contributed by atoms with Gasteiger partial charge in [0.05, 0.1) is 17.3 Å². The molecule has 0 bridgehead atoms. The Labute approximate surface area is 166 Å². The Hall–Kier alpha value is -1.17. The predicted molar refractivity (Wildman–Crippen MR) is 103 cm³/mol. The fourth-order valence-corrected chi connectivity index (χ4v) is 7.79. The van der Waals surface area contributed by atoms with Crippen LogP contribution in [0.4, 0.5) is 0 Å². The highest BCUT2D eigenvalue weighted by Gasteiger charge is 2.68.